The van der Waals surface area contributed by atoms with E-state index in [1.54, 1.807) is 0 Å². The van der Waals surface area contributed by atoms with Gasteiger partial charge in [-0.15, -0.1) is 0 Å². The Morgan fingerprint density at radius 3 is 1.59 bits per heavy atom. The summed E-state index contributed by atoms with van der Waals surface area (Å²) in [4.78, 5) is 10.4. The van der Waals surface area contributed by atoms with E-state index >= 15 is 0 Å². The van der Waals surface area contributed by atoms with Crippen molar-refractivity contribution >= 4 is 5.97 Å². The molecule has 0 aromatic rings. The van der Waals surface area contributed by atoms with Crippen LogP contribution in [0.15, 0.2) is 0 Å². The van der Waals surface area contributed by atoms with Crippen LogP contribution < -0.4 is 0 Å². The third kappa shape index (κ3) is 17.5. The summed E-state index contributed by atoms with van der Waals surface area (Å²) in [6.45, 7) is 2.71. The Morgan fingerprint density at radius 1 is 0.727 bits per heavy atom. The predicted molar refractivity (Wildman–Crippen MR) is 93.1 cm³/mol. The number of carbonyl (C=O) groups is 1. The molecule has 3 heteroatoms. The van der Waals surface area contributed by atoms with Gasteiger partial charge in [-0.2, -0.15) is 0 Å². The minimum atomic E-state index is -0.664. The predicted octanol–water partition coefficient (Wildman–Crippen LogP) is 5.55. The molecular weight excluding hydrogens is 276 g/mol. The first-order chi connectivity index (χ1) is 10.7. The first-order valence-corrected chi connectivity index (χ1v) is 9.49. The van der Waals surface area contributed by atoms with Crippen LogP contribution in [0.2, 0.25) is 0 Å². The highest BCUT2D eigenvalue weighted by molar-refractivity contribution is 5.66. The largest absolute Gasteiger partial charge is 0.481 e. The van der Waals surface area contributed by atoms with Gasteiger partial charge >= 0.3 is 5.97 Å². The Bertz CT molecular complexity index is 241. The van der Waals surface area contributed by atoms with E-state index in [9.17, 15) is 4.79 Å². The van der Waals surface area contributed by atoms with Gasteiger partial charge in [0.25, 0.3) is 0 Å². The Morgan fingerprint density at radius 2 is 1.14 bits per heavy atom. The van der Waals surface area contributed by atoms with Gasteiger partial charge in [0.2, 0.25) is 0 Å². The van der Waals surface area contributed by atoms with E-state index in [1.165, 1.54) is 70.6 Å². The standard InChI is InChI=1S/C19H38O3/c1-18(15-11-8-9-13-17-20)14-10-6-4-2-3-5-7-12-16-19(21)22/h18,20H,2-17H2,1H3,(H,21,22). The van der Waals surface area contributed by atoms with E-state index in [0.717, 1.165) is 25.2 Å². The molecule has 0 aromatic carbocycles. The Kier molecular flexibility index (Phi) is 16.4. The van der Waals surface area contributed by atoms with Gasteiger partial charge in [-0.05, 0) is 18.8 Å². The van der Waals surface area contributed by atoms with Gasteiger partial charge in [0.1, 0.15) is 0 Å². The van der Waals surface area contributed by atoms with Crippen molar-refractivity contribution in [3.05, 3.63) is 0 Å². The number of rotatable bonds is 17. The van der Waals surface area contributed by atoms with E-state index in [0.29, 0.717) is 13.0 Å². The topological polar surface area (TPSA) is 57.5 Å². The first-order valence-electron chi connectivity index (χ1n) is 9.49. The molecule has 0 fully saturated rings. The lowest BCUT2D eigenvalue weighted by Crippen LogP contribution is -1.95. The van der Waals surface area contributed by atoms with Gasteiger partial charge in [-0.3, -0.25) is 4.79 Å². The van der Waals surface area contributed by atoms with Gasteiger partial charge in [-0.25, -0.2) is 0 Å². The highest BCUT2D eigenvalue weighted by Crippen LogP contribution is 2.18. The molecule has 0 heterocycles. The van der Waals surface area contributed by atoms with Crippen LogP contribution in [-0.4, -0.2) is 22.8 Å². The summed E-state index contributed by atoms with van der Waals surface area (Å²) >= 11 is 0. The fraction of sp³-hybridized carbons (Fsp3) is 0.947. The highest BCUT2D eigenvalue weighted by Gasteiger charge is 2.02. The molecule has 132 valence electrons. The van der Waals surface area contributed by atoms with E-state index < -0.39 is 5.97 Å². The Hall–Kier alpha value is -0.570. The number of hydrogen-bond donors (Lipinski definition) is 2. The SMILES string of the molecule is CC(CCCCCCO)CCCCCCCCCCC(=O)O. The lowest BCUT2D eigenvalue weighted by atomic mass is 9.96. The highest BCUT2D eigenvalue weighted by atomic mass is 16.4. The molecule has 22 heavy (non-hydrogen) atoms. The van der Waals surface area contributed by atoms with Crippen LogP contribution in [0, 0.1) is 5.92 Å². The number of carboxylic acid groups (broad SMARTS) is 1. The number of unbranched alkanes of at least 4 members (excludes halogenated alkanes) is 10. The van der Waals surface area contributed by atoms with Crippen LogP contribution >= 0.6 is 0 Å². The lowest BCUT2D eigenvalue weighted by Gasteiger charge is -2.10. The van der Waals surface area contributed by atoms with E-state index in [2.05, 4.69) is 6.92 Å². The van der Waals surface area contributed by atoms with Crippen LogP contribution in [0.3, 0.4) is 0 Å². The maximum Gasteiger partial charge on any atom is 0.303 e. The third-order valence-electron chi connectivity index (χ3n) is 4.44. The number of aliphatic hydroxyl groups is 1. The Balaban J connectivity index is 3.13. The Labute approximate surface area is 137 Å². The molecule has 0 saturated heterocycles. The van der Waals surface area contributed by atoms with E-state index in [-0.39, 0.29) is 0 Å². The molecule has 1 atom stereocenters. The summed E-state index contributed by atoms with van der Waals surface area (Å²) in [6, 6.07) is 0. The van der Waals surface area contributed by atoms with Gasteiger partial charge in [0, 0.05) is 13.0 Å². The molecule has 0 aliphatic rings. The van der Waals surface area contributed by atoms with Crippen molar-refractivity contribution in [1.29, 1.82) is 0 Å². The maximum atomic E-state index is 10.4. The van der Waals surface area contributed by atoms with Crippen molar-refractivity contribution in [3.63, 3.8) is 0 Å². The zero-order valence-corrected chi connectivity index (χ0v) is 14.7. The van der Waals surface area contributed by atoms with Crippen molar-refractivity contribution in [2.75, 3.05) is 6.61 Å². The molecule has 0 aromatic heterocycles. The van der Waals surface area contributed by atoms with Crippen LogP contribution in [0.4, 0.5) is 0 Å². The van der Waals surface area contributed by atoms with Gasteiger partial charge in [0.05, 0.1) is 0 Å². The van der Waals surface area contributed by atoms with Gasteiger partial charge in [0.15, 0.2) is 0 Å². The quantitative estimate of drug-likeness (QED) is 0.346. The first kappa shape index (κ1) is 21.4. The average Bonchev–Trinajstić information content (AvgIpc) is 2.48. The molecule has 3 nitrogen and oxygen atoms in total. The summed E-state index contributed by atoms with van der Waals surface area (Å²) in [5, 5.41) is 17.3. The molecular formula is C19H38O3. The smallest absolute Gasteiger partial charge is 0.303 e. The van der Waals surface area contributed by atoms with Crippen LogP contribution in [0.5, 0.6) is 0 Å². The van der Waals surface area contributed by atoms with E-state index in [4.69, 9.17) is 10.2 Å². The second kappa shape index (κ2) is 16.8. The van der Waals surface area contributed by atoms with Crippen molar-refractivity contribution < 1.29 is 15.0 Å². The molecule has 2 N–H and O–H groups in total. The molecule has 0 saturated carbocycles. The molecule has 0 amide bonds. The lowest BCUT2D eigenvalue weighted by molar-refractivity contribution is -0.137. The van der Waals surface area contributed by atoms with E-state index in [1.807, 2.05) is 0 Å². The second-order valence-electron chi connectivity index (χ2n) is 6.79. The minimum Gasteiger partial charge on any atom is -0.481 e. The van der Waals surface area contributed by atoms with Gasteiger partial charge in [-0.1, -0.05) is 84.0 Å². The summed E-state index contributed by atoms with van der Waals surface area (Å²) in [5.74, 6) is 0.188. The van der Waals surface area contributed by atoms with Crippen LogP contribution in [-0.2, 0) is 4.79 Å². The average molecular weight is 315 g/mol. The van der Waals surface area contributed by atoms with Crippen molar-refractivity contribution in [1.82, 2.24) is 0 Å². The summed E-state index contributed by atoms with van der Waals surface area (Å²) in [5.41, 5.74) is 0. The monoisotopic (exact) mass is 314 g/mol. The molecule has 0 aliphatic carbocycles. The normalized spacial score (nSPS) is 12.5. The molecule has 0 rings (SSSR count). The molecule has 0 spiro atoms. The summed E-state index contributed by atoms with van der Waals surface area (Å²) in [7, 11) is 0. The molecule has 0 radical (unpaired) electrons. The molecule has 0 bridgehead atoms. The van der Waals surface area contributed by atoms with Gasteiger partial charge < -0.3 is 10.2 Å². The zero-order chi connectivity index (χ0) is 16.5. The van der Waals surface area contributed by atoms with Crippen LogP contribution in [0.1, 0.15) is 103 Å². The van der Waals surface area contributed by atoms with Crippen molar-refractivity contribution in [2.45, 2.75) is 103 Å². The fourth-order valence-corrected chi connectivity index (χ4v) is 2.93. The third-order valence-corrected chi connectivity index (χ3v) is 4.44. The molecule has 0 aliphatic heterocycles. The zero-order valence-electron chi connectivity index (χ0n) is 14.7. The second-order valence-corrected chi connectivity index (χ2v) is 6.79. The maximum absolute atomic E-state index is 10.4. The van der Waals surface area contributed by atoms with Crippen molar-refractivity contribution in [3.8, 4) is 0 Å². The van der Waals surface area contributed by atoms with Crippen LogP contribution in [0.25, 0.3) is 0 Å². The number of aliphatic hydroxyl groups excluding tert-OH is 1. The number of aliphatic carboxylic acids is 1. The number of hydrogen-bond acceptors (Lipinski definition) is 2. The summed E-state index contributed by atoms with van der Waals surface area (Å²) in [6.07, 6.45) is 17.5. The minimum absolute atomic E-state index is 0.331. The summed E-state index contributed by atoms with van der Waals surface area (Å²) < 4.78 is 0. The number of carboxylic acids is 1. The van der Waals surface area contributed by atoms with Crippen molar-refractivity contribution in [2.24, 2.45) is 5.92 Å². The fourth-order valence-electron chi connectivity index (χ4n) is 2.93. The molecule has 1 unspecified atom stereocenters.